The van der Waals surface area contributed by atoms with Crippen LogP contribution in [0.2, 0.25) is 0 Å². The third-order valence-electron chi connectivity index (χ3n) is 3.73. The Bertz CT molecular complexity index is 630. The molecule has 1 amide bonds. The van der Waals surface area contributed by atoms with Crippen molar-refractivity contribution in [2.45, 2.75) is 19.5 Å². The van der Waals surface area contributed by atoms with Gasteiger partial charge in [-0.2, -0.15) is 0 Å². The van der Waals surface area contributed by atoms with Crippen molar-refractivity contribution in [1.82, 2.24) is 14.5 Å². The molecule has 4 nitrogen and oxygen atoms in total. The number of pyridine rings is 1. The molecule has 0 N–H and O–H groups in total. The molecule has 102 valence electrons. The molecule has 20 heavy (non-hydrogen) atoms. The van der Waals surface area contributed by atoms with Crippen LogP contribution in [0.15, 0.2) is 48.9 Å². The van der Waals surface area contributed by atoms with Gasteiger partial charge in [0.05, 0.1) is 6.04 Å². The summed E-state index contributed by atoms with van der Waals surface area (Å²) in [5.74, 6) is 0.0498. The Labute approximate surface area is 118 Å². The molecule has 0 saturated carbocycles. The SMILES string of the molecule is CC1c2cccn2CCN1C(=O)/C=C/c1cccnc1. The fraction of sp³-hybridized carbons (Fsp3) is 0.250. The fourth-order valence-corrected chi connectivity index (χ4v) is 2.62. The Morgan fingerprint density at radius 2 is 2.25 bits per heavy atom. The standard InChI is InChI=1S/C16H17N3O/c1-13-15-5-3-9-18(15)10-11-19(13)16(20)7-6-14-4-2-8-17-12-14/h2-9,12-13H,10-11H2,1H3/b7-6+. The number of amides is 1. The molecule has 0 aliphatic carbocycles. The van der Waals surface area contributed by atoms with Gasteiger partial charge in [-0.15, -0.1) is 0 Å². The zero-order valence-corrected chi connectivity index (χ0v) is 11.4. The van der Waals surface area contributed by atoms with Crippen LogP contribution >= 0.6 is 0 Å². The predicted octanol–water partition coefficient (Wildman–Crippen LogP) is 2.50. The molecule has 1 atom stereocenters. The molecule has 0 spiro atoms. The first-order valence-corrected chi connectivity index (χ1v) is 6.79. The minimum absolute atomic E-state index is 0.0498. The summed E-state index contributed by atoms with van der Waals surface area (Å²) in [5, 5.41) is 0. The second-order valence-corrected chi connectivity index (χ2v) is 4.95. The first kappa shape index (κ1) is 12.7. The number of rotatable bonds is 2. The van der Waals surface area contributed by atoms with Gasteiger partial charge >= 0.3 is 0 Å². The average molecular weight is 267 g/mol. The van der Waals surface area contributed by atoms with Gasteiger partial charge in [0.1, 0.15) is 0 Å². The van der Waals surface area contributed by atoms with E-state index in [0.717, 1.165) is 18.7 Å². The molecule has 0 bridgehead atoms. The fourth-order valence-electron chi connectivity index (χ4n) is 2.62. The third kappa shape index (κ3) is 2.37. The molecule has 3 heterocycles. The highest BCUT2D eigenvalue weighted by Gasteiger charge is 2.25. The number of fused-ring (bicyclic) bond motifs is 1. The molecular formula is C16H17N3O. The minimum Gasteiger partial charge on any atom is -0.348 e. The topological polar surface area (TPSA) is 38.1 Å². The van der Waals surface area contributed by atoms with E-state index in [1.165, 1.54) is 5.69 Å². The number of hydrogen-bond donors (Lipinski definition) is 0. The van der Waals surface area contributed by atoms with Crippen molar-refractivity contribution < 1.29 is 4.79 Å². The van der Waals surface area contributed by atoms with Gasteiger partial charge in [-0.1, -0.05) is 6.07 Å². The van der Waals surface area contributed by atoms with Crippen LogP contribution in [-0.4, -0.2) is 26.9 Å². The van der Waals surface area contributed by atoms with E-state index in [-0.39, 0.29) is 11.9 Å². The van der Waals surface area contributed by atoms with Crippen LogP contribution in [0.4, 0.5) is 0 Å². The van der Waals surface area contributed by atoms with Gasteiger partial charge in [-0.3, -0.25) is 9.78 Å². The van der Waals surface area contributed by atoms with E-state index in [0.29, 0.717) is 0 Å². The van der Waals surface area contributed by atoms with Crippen LogP contribution in [-0.2, 0) is 11.3 Å². The molecule has 0 radical (unpaired) electrons. The molecular weight excluding hydrogens is 250 g/mol. The summed E-state index contributed by atoms with van der Waals surface area (Å²) in [4.78, 5) is 18.3. The van der Waals surface area contributed by atoms with Crippen LogP contribution in [0.25, 0.3) is 6.08 Å². The average Bonchev–Trinajstić information content (AvgIpc) is 2.96. The van der Waals surface area contributed by atoms with E-state index in [9.17, 15) is 4.79 Å². The van der Waals surface area contributed by atoms with Gasteiger partial charge in [-0.25, -0.2) is 0 Å². The Morgan fingerprint density at radius 1 is 1.35 bits per heavy atom. The summed E-state index contributed by atoms with van der Waals surface area (Å²) < 4.78 is 2.21. The maximum Gasteiger partial charge on any atom is 0.247 e. The lowest BCUT2D eigenvalue weighted by Gasteiger charge is -2.34. The quantitative estimate of drug-likeness (QED) is 0.784. The minimum atomic E-state index is 0.0498. The van der Waals surface area contributed by atoms with Gasteiger partial charge in [0.25, 0.3) is 0 Å². The predicted molar refractivity (Wildman–Crippen MR) is 77.8 cm³/mol. The van der Waals surface area contributed by atoms with E-state index in [2.05, 4.69) is 28.7 Å². The van der Waals surface area contributed by atoms with Gasteiger partial charge in [0, 0.05) is 43.4 Å². The Hall–Kier alpha value is -2.36. The van der Waals surface area contributed by atoms with Crippen LogP contribution in [0.3, 0.4) is 0 Å². The zero-order chi connectivity index (χ0) is 13.9. The molecule has 3 rings (SSSR count). The van der Waals surface area contributed by atoms with Gasteiger partial charge in [-0.05, 0) is 36.8 Å². The van der Waals surface area contributed by atoms with E-state index in [1.54, 1.807) is 18.5 Å². The highest BCUT2D eigenvalue weighted by atomic mass is 16.2. The monoisotopic (exact) mass is 267 g/mol. The van der Waals surface area contributed by atoms with E-state index >= 15 is 0 Å². The first-order chi connectivity index (χ1) is 9.75. The largest absolute Gasteiger partial charge is 0.348 e. The van der Waals surface area contributed by atoms with Crippen molar-refractivity contribution in [2.24, 2.45) is 0 Å². The van der Waals surface area contributed by atoms with Crippen LogP contribution in [0.1, 0.15) is 24.2 Å². The van der Waals surface area contributed by atoms with Crippen molar-refractivity contribution in [2.75, 3.05) is 6.54 Å². The number of carbonyl (C=O) groups excluding carboxylic acids is 1. The van der Waals surface area contributed by atoms with E-state index in [4.69, 9.17) is 0 Å². The number of hydrogen-bond acceptors (Lipinski definition) is 2. The van der Waals surface area contributed by atoms with Crippen molar-refractivity contribution in [3.63, 3.8) is 0 Å². The van der Waals surface area contributed by atoms with E-state index < -0.39 is 0 Å². The summed E-state index contributed by atoms with van der Waals surface area (Å²) in [6.45, 7) is 3.68. The highest BCUT2D eigenvalue weighted by Crippen LogP contribution is 2.25. The van der Waals surface area contributed by atoms with Gasteiger partial charge in [0.2, 0.25) is 5.91 Å². The van der Waals surface area contributed by atoms with Gasteiger partial charge < -0.3 is 9.47 Å². The Morgan fingerprint density at radius 3 is 3.05 bits per heavy atom. The Balaban J connectivity index is 1.74. The van der Waals surface area contributed by atoms with Crippen LogP contribution in [0.5, 0.6) is 0 Å². The molecule has 0 fully saturated rings. The second kappa shape index (κ2) is 5.33. The molecule has 0 saturated heterocycles. The van der Waals surface area contributed by atoms with E-state index in [1.807, 2.05) is 29.2 Å². The van der Waals surface area contributed by atoms with Crippen molar-refractivity contribution in [1.29, 1.82) is 0 Å². The van der Waals surface area contributed by atoms with Crippen molar-refractivity contribution >= 4 is 12.0 Å². The van der Waals surface area contributed by atoms with Crippen molar-refractivity contribution in [3.05, 3.63) is 60.2 Å². The first-order valence-electron chi connectivity index (χ1n) is 6.79. The van der Waals surface area contributed by atoms with Gasteiger partial charge in [0.15, 0.2) is 0 Å². The number of carbonyl (C=O) groups is 1. The maximum atomic E-state index is 12.3. The lowest BCUT2D eigenvalue weighted by molar-refractivity contribution is -0.129. The summed E-state index contributed by atoms with van der Waals surface area (Å²) in [6.07, 6.45) is 8.98. The molecule has 2 aromatic rings. The molecule has 2 aromatic heterocycles. The van der Waals surface area contributed by atoms with Crippen molar-refractivity contribution in [3.8, 4) is 0 Å². The lowest BCUT2D eigenvalue weighted by Crippen LogP contribution is -2.39. The second-order valence-electron chi connectivity index (χ2n) is 4.95. The molecule has 1 aliphatic rings. The summed E-state index contributed by atoms with van der Waals surface area (Å²) >= 11 is 0. The summed E-state index contributed by atoms with van der Waals surface area (Å²) in [6, 6.07) is 8.02. The molecule has 1 aliphatic heterocycles. The molecule has 1 unspecified atom stereocenters. The summed E-state index contributed by atoms with van der Waals surface area (Å²) in [7, 11) is 0. The highest BCUT2D eigenvalue weighted by molar-refractivity contribution is 5.92. The molecule has 4 heteroatoms. The van der Waals surface area contributed by atoms with Crippen LogP contribution in [0, 0.1) is 0 Å². The smallest absolute Gasteiger partial charge is 0.247 e. The normalized spacial score (nSPS) is 18.2. The maximum absolute atomic E-state index is 12.3. The molecule has 0 aromatic carbocycles. The number of nitrogens with zero attached hydrogens (tertiary/aromatic N) is 3. The summed E-state index contributed by atoms with van der Waals surface area (Å²) in [5.41, 5.74) is 2.13. The Kier molecular flexibility index (Phi) is 3.37. The third-order valence-corrected chi connectivity index (χ3v) is 3.73. The zero-order valence-electron chi connectivity index (χ0n) is 11.4. The number of aromatic nitrogens is 2. The lowest BCUT2D eigenvalue weighted by atomic mass is 10.1. The van der Waals surface area contributed by atoms with Crippen LogP contribution < -0.4 is 0 Å².